The average molecular weight is 885 g/mol. The van der Waals surface area contributed by atoms with E-state index in [1.807, 2.05) is 46.9 Å². The monoisotopic (exact) mass is 885 g/mol. The van der Waals surface area contributed by atoms with Crippen molar-refractivity contribution >= 4 is 20.2 Å². The van der Waals surface area contributed by atoms with Crippen molar-refractivity contribution in [3.05, 3.63) is 58.7 Å². The van der Waals surface area contributed by atoms with Gasteiger partial charge < -0.3 is 28.7 Å². The number of ether oxygens (including phenoxy) is 4. The number of nitrogens with zero attached hydrogens (tertiary/aromatic N) is 2. The maximum atomic E-state index is 13.4. The molecule has 1 saturated carbocycles. The van der Waals surface area contributed by atoms with E-state index in [1.165, 1.54) is 12.0 Å². The molecule has 60 heavy (non-hydrogen) atoms. The molecule has 0 spiro atoms. The van der Waals surface area contributed by atoms with Crippen LogP contribution < -0.4 is 0 Å². The summed E-state index contributed by atoms with van der Waals surface area (Å²) in [5, 5.41) is 0. The van der Waals surface area contributed by atoms with Gasteiger partial charge in [-0.3, -0.25) is 8.37 Å². The standard InChI is InChI=1S/C29H51NO5S.C17H29NO5S/c1-9-30(17-19-34-29(33-8)14-11-10-12-15-29)16-13-18-35-36(31,32)28-26(23(4)5)20-25(22(2)3)21-27(28)24(6)7;1-15(2)16-6-8-17(9-7-16)24(19,20)23-12-5-10-18(3)11-13-22-14-21-4/h20-24H,9-19H2,1-8H3;6-9,15H,5,10-14H2,1-4H3. The highest BCUT2D eigenvalue weighted by molar-refractivity contribution is 7.87. The van der Waals surface area contributed by atoms with Crippen LogP contribution in [0, 0.1) is 0 Å². The lowest BCUT2D eigenvalue weighted by Crippen LogP contribution is -2.40. The summed E-state index contributed by atoms with van der Waals surface area (Å²) < 4.78 is 83.7. The van der Waals surface area contributed by atoms with Crippen LogP contribution in [0.4, 0.5) is 0 Å². The predicted molar refractivity (Wildman–Crippen MR) is 241 cm³/mol. The zero-order chi connectivity index (χ0) is 44.9. The van der Waals surface area contributed by atoms with Gasteiger partial charge in [-0.2, -0.15) is 16.8 Å². The molecule has 0 amide bonds. The number of methoxy groups -OCH3 is 2. The van der Waals surface area contributed by atoms with E-state index in [2.05, 4.69) is 56.6 Å². The van der Waals surface area contributed by atoms with Crippen molar-refractivity contribution in [1.82, 2.24) is 9.80 Å². The summed E-state index contributed by atoms with van der Waals surface area (Å²) in [5.41, 5.74) is 3.98. The maximum absolute atomic E-state index is 13.4. The lowest BCUT2D eigenvalue weighted by atomic mass is 9.89. The molecule has 12 nitrogen and oxygen atoms in total. The Morgan fingerprint density at radius 3 is 1.70 bits per heavy atom. The third-order valence-corrected chi connectivity index (χ3v) is 13.7. The number of benzene rings is 2. The Kier molecular flexibility index (Phi) is 24.6. The van der Waals surface area contributed by atoms with Gasteiger partial charge in [-0.1, -0.05) is 93.0 Å². The maximum Gasteiger partial charge on any atom is 0.297 e. The molecule has 0 N–H and O–H groups in total. The van der Waals surface area contributed by atoms with Gasteiger partial charge in [0.1, 0.15) is 11.7 Å². The van der Waals surface area contributed by atoms with Gasteiger partial charge in [0.25, 0.3) is 20.2 Å². The Hall–Kier alpha value is -1.98. The van der Waals surface area contributed by atoms with Gasteiger partial charge in [-0.05, 0) is 97.3 Å². The molecule has 0 bridgehead atoms. The van der Waals surface area contributed by atoms with Crippen LogP contribution in [0.2, 0.25) is 0 Å². The van der Waals surface area contributed by atoms with Crippen molar-refractivity contribution in [1.29, 1.82) is 0 Å². The second-order valence-corrected chi connectivity index (χ2v) is 20.2. The van der Waals surface area contributed by atoms with Gasteiger partial charge >= 0.3 is 0 Å². The van der Waals surface area contributed by atoms with Gasteiger partial charge in [-0.25, -0.2) is 0 Å². The molecule has 346 valence electrons. The number of hydrogen-bond acceptors (Lipinski definition) is 12. The van der Waals surface area contributed by atoms with Gasteiger partial charge in [0.2, 0.25) is 0 Å². The molecule has 0 unspecified atom stereocenters. The number of hydrogen-bond donors (Lipinski definition) is 0. The fourth-order valence-corrected chi connectivity index (χ4v) is 9.61. The Bertz CT molecular complexity index is 1680. The van der Waals surface area contributed by atoms with Gasteiger partial charge in [0.15, 0.2) is 5.79 Å². The largest absolute Gasteiger partial charge is 0.359 e. The van der Waals surface area contributed by atoms with E-state index in [0.29, 0.717) is 42.8 Å². The van der Waals surface area contributed by atoms with Crippen LogP contribution >= 0.6 is 0 Å². The minimum Gasteiger partial charge on any atom is -0.359 e. The van der Waals surface area contributed by atoms with Crippen LogP contribution in [0.5, 0.6) is 0 Å². The highest BCUT2D eigenvalue weighted by Gasteiger charge is 2.33. The summed E-state index contributed by atoms with van der Waals surface area (Å²) in [4.78, 5) is 4.91. The van der Waals surface area contributed by atoms with Crippen LogP contribution in [0.25, 0.3) is 0 Å². The van der Waals surface area contributed by atoms with Crippen molar-refractivity contribution in [2.45, 2.75) is 147 Å². The van der Waals surface area contributed by atoms with E-state index in [9.17, 15) is 16.8 Å². The van der Waals surface area contributed by atoms with Gasteiger partial charge in [0.05, 0.1) is 31.3 Å². The molecule has 3 rings (SSSR count). The quantitative estimate of drug-likeness (QED) is 0.0482. The van der Waals surface area contributed by atoms with Crippen molar-refractivity contribution in [2.24, 2.45) is 0 Å². The lowest BCUT2D eigenvalue weighted by molar-refractivity contribution is -0.239. The molecular weight excluding hydrogens is 805 g/mol. The predicted octanol–water partition coefficient (Wildman–Crippen LogP) is 9.26. The molecule has 1 aliphatic rings. The Balaban J connectivity index is 0.000000449. The Labute approximate surface area is 365 Å². The summed E-state index contributed by atoms with van der Waals surface area (Å²) in [7, 11) is -2.27. The van der Waals surface area contributed by atoms with E-state index in [1.54, 1.807) is 26.4 Å². The van der Waals surface area contributed by atoms with Crippen molar-refractivity contribution < 1.29 is 44.1 Å². The fourth-order valence-electron chi connectivity index (χ4n) is 7.05. The zero-order valence-electron chi connectivity index (χ0n) is 39.1. The molecule has 0 aromatic heterocycles. The molecular formula is C46H80N2O10S2. The SMILES string of the molecule is CCN(CCCOS(=O)(=O)c1c(C(C)C)cc(C(C)C)cc1C(C)C)CCOC1(OC)CCCCC1.COCOCCN(C)CCCOS(=O)(=O)c1ccc(C(C)C)cc1. The van der Waals surface area contributed by atoms with Crippen molar-refractivity contribution in [2.75, 3.05) is 87.2 Å². The molecule has 0 radical (unpaired) electrons. The highest BCUT2D eigenvalue weighted by atomic mass is 32.2. The first kappa shape index (κ1) is 54.2. The van der Waals surface area contributed by atoms with Crippen molar-refractivity contribution in [3.8, 4) is 0 Å². The third-order valence-electron chi connectivity index (χ3n) is 11.0. The molecule has 2 aromatic rings. The van der Waals surface area contributed by atoms with Crippen LogP contribution in [-0.2, 0) is 47.5 Å². The summed E-state index contributed by atoms with van der Waals surface area (Å²) in [6.07, 6.45) is 6.72. The normalized spacial score (nSPS) is 14.8. The molecule has 0 saturated heterocycles. The summed E-state index contributed by atoms with van der Waals surface area (Å²) in [5.74, 6) is 0.446. The molecule has 0 heterocycles. The van der Waals surface area contributed by atoms with Gasteiger partial charge in [-0.15, -0.1) is 0 Å². The van der Waals surface area contributed by atoms with E-state index in [0.717, 1.165) is 75.1 Å². The first-order valence-corrected chi connectivity index (χ1v) is 24.9. The van der Waals surface area contributed by atoms with Gasteiger partial charge in [0, 0.05) is 53.2 Å². The van der Waals surface area contributed by atoms with E-state index in [4.69, 9.17) is 27.3 Å². The minimum atomic E-state index is -3.86. The molecule has 0 atom stereocenters. The topological polar surface area (TPSA) is 130 Å². The minimum absolute atomic E-state index is 0.0877. The second-order valence-electron chi connectivity index (χ2n) is 17.1. The van der Waals surface area contributed by atoms with E-state index < -0.39 is 26.0 Å². The van der Waals surface area contributed by atoms with E-state index >= 15 is 0 Å². The Morgan fingerprint density at radius 1 is 0.650 bits per heavy atom. The smallest absolute Gasteiger partial charge is 0.297 e. The molecule has 0 aliphatic heterocycles. The molecule has 1 fully saturated rings. The Morgan fingerprint density at radius 2 is 1.20 bits per heavy atom. The first-order valence-electron chi connectivity index (χ1n) is 22.1. The first-order chi connectivity index (χ1) is 28.3. The number of likely N-dealkylation sites (N-methyl/N-ethyl adjacent to an activating group) is 2. The van der Waals surface area contributed by atoms with Crippen LogP contribution in [0.3, 0.4) is 0 Å². The van der Waals surface area contributed by atoms with Crippen LogP contribution in [0.15, 0.2) is 46.2 Å². The number of rotatable bonds is 27. The molecule has 2 aromatic carbocycles. The highest BCUT2D eigenvalue weighted by Crippen LogP contribution is 2.36. The second kappa shape index (κ2) is 27.3. The zero-order valence-corrected chi connectivity index (χ0v) is 40.7. The third kappa shape index (κ3) is 18.4. The lowest BCUT2D eigenvalue weighted by Gasteiger charge is -2.36. The summed E-state index contributed by atoms with van der Waals surface area (Å²) >= 11 is 0. The molecule has 14 heteroatoms. The van der Waals surface area contributed by atoms with Crippen LogP contribution in [0.1, 0.15) is 153 Å². The summed E-state index contributed by atoms with van der Waals surface area (Å²) in [6, 6.07) is 11.0. The average Bonchev–Trinajstić information content (AvgIpc) is 3.22. The van der Waals surface area contributed by atoms with Crippen molar-refractivity contribution in [3.63, 3.8) is 0 Å². The molecule has 1 aliphatic carbocycles. The summed E-state index contributed by atoms with van der Waals surface area (Å²) in [6.45, 7) is 24.4. The van der Waals surface area contributed by atoms with Crippen LogP contribution in [-0.4, -0.2) is 120 Å². The van der Waals surface area contributed by atoms with E-state index in [-0.39, 0.29) is 36.7 Å². The fraction of sp³-hybridized carbons (Fsp3) is 0.739.